The Morgan fingerprint density at radius 2 is 1.08 bits per heavy atom. The minimum Gasteiger partial charge on any atom is -0.465 e. The Hall–Kier alpha value is -7.27. The summed E-state index contributed by atoms with van der Waals surface area (Å²) in [7, 11) is 0. The predicted molar refractivity (Wildman–Crippen MR) is 226 cm³/mol. The molecule has 2 fully saturated rings. The summed E-state index contributed by atoms with van der Waals surface area (Å²) in [5.41, 5.74) is 9.08. The van der Waals surface area contributed by atoms with E-state index in [-0.39, 0.29) is 23.9 Å². The molecule has 11 heteroatoms. The van der Waals surface area contributed by atoms with Crippen LogP contribution in [-0.2, 0) is 4.79 Å². The zero-order valence-electron chi connectivity index (χ0n) is 32.3. The van der Waals surface area contributed by atoms with E-state index in [9.17, 15) is 19.5 Å². The van der Waals surface area contributed by atoms with E-state index in [2.05, 4.69) is 56.7 Å². The second kappa shape index (κ2) is 16.3. The Balaban J connectivity index is 0.865. The van der Waals surface area contributed by atoms with Crippen LogP contribution in [0.5, 0.6) is 0 Å². The zero-order valence-corrected chi connectivity index (χ0v) is 32.3. The fraction of sp³-hybridized carbons (Fsp3) is 0.188. The van der Waals surface area contributed by atoms with Gasteiger partial charge < -0.3 is 30.2 Å². The average molecular weight is 782 g/mol. The molecular formula is C48H43N7O4. The molecule has 3 atom stereocenters. The van der Waals surface area contributed by atoms with Crippen LogP contribution < -0.4 is 5.32 Å². The number of carbonyl (C=O) groups is 3. The number of hydrogen-bond donors (Lipinski definition) is 4. The summed E-state index contributed by atoms with van der Waals surface area (Å²) in [6.45, 7) is 1.20. The van der Waals surface area contributed by atoms with Gasteiger partial charge in [-0.3, -0.25) is 9.59 Å². The number of aromatic nitrogens is 4. The second-order valence-electron chi connectivity index (χ2n) is 15.1. The van der Waals surface area contributed by atoms with Crippen LogP contribution in [0.15, 0.2) is 146 Å². The lowest BCUT2D eigenvalue weighted by Gasteiger charge is -2.28. The quantitative estimate of drug-likeness (QED) is 0.109. The van der Waals surface area contributed by atoms with Gasteiger partial charge in [-0.15, -0.1) is 0 Å². The normalized spacial score (nSPS) is 16.9. The van der Waals surface area contributed by atoms with Crippen molar-refractivity contribution >= 4 is 17.9 Å². The van der Waals surface area contributed by atoms with Crippen molar-refractivity contribution in [3.8, 4) is 44.8 Å². The lowest BCUT2D eigenvalue weighted by atomic mass is 9.98. The number of hydrogen-bond acceptors (Lipinski definition) is 5. The van der Waals surface area contributed by atoms with Crippen molar-refractivity contribution in [2.45, 2.75) is 43.8 Å². The van der Waals surface area contributed by atoms with E-state index in [1.807, 2.05) is 83.9 Å². The molecular weight excluding hydrogens is 739 g/mol. The molecule has 2 saturated heterocycles. The third kappa shape index (κ3) is 7.62. The molecule has 294 valence electrons. The largest absolute Gasteiger partial charge is 0.465 e. The number of carbonyl (C=O) groups excluding carboxylic acids is 2. The first-order chi connectivity index (χ1) is 28.9. The maximum absolute atomic E-state index is 14.0. The van der Waals surface area contributed by atoms with Gasteiger partial charge in [0.05, 0.1) is 35.9 Å². The number of aromatic amines is 2. The minimum atomic E-state index is -1.25. The molecule has 3 amide bonds. The highest BCUT2D eigenvalue weighted by Crippen LogP contribution is 2.37. The third-order valence-electron chi connectivity index (χ3n) is 11.5. The highest BCUT2D eigenvalue weighted by molar-refractivity contribution is 6.01. The predicted octanol–water partition coefficient (Wildman–Crippen LogP) is 9.45. The van der Waals surface area contributed by atoms with Crippen LogP contribution in [0, 0.1) is 0 Å². The molecule has 4 heterocycles. The lowest BCUT2D eigenvalue weighted by molar-refractivity contribution is -0.134. The van der Waals surface area contributed by atoms with Gasteiger partial charge in [0.25, 0.3) is 11.8 Å². The molecule has 7 aromatic rings. The Bertz CT molecular complexity index is 2590. The van der Waals surface area contributed by atoms with E-state index < -0.39 is 12.1 Å². The maximum atomic E-state index is 14.0. The standard InChI is InChI=1S/C48H43N7O4/c56-46(38-16-8-7-15-37(38)33-11-3-1-4-12-33)54-27-9-17-41(54)44-49-29-39(51-44)34-23-19-31(20-24-34)32-21-25-35(26-22-32)40-30-50-45(52-40)42-18-10-28-55(42)47(57)43(53-48(58)59)36-13-5-2-6-14-36/h1-8,11-16,19-26,29-30,41-43,53H,9-10,17-18,27-28H2,(H,49,51)(H,50,52)(H,58,59)/t41-,42-,43+/m0/s1. The summed E-state index contributed by atoms with van der Waals surface area (Å²) < 4.78 is 0. The first kappa shape index (κ1) is 37.3. The monoisotopic (exact) mass is 781 g/mol. The Labute approximate surface area is 341 Å². The number of imidazole rings is 2. The van der Waals surface area contributed by atoms with E-state index in [0.29, 0.717) is 30.0 Å². The molecule has 2 aliphatic heterocycles. The van der Waals surface area contributed by atoms with Gasteiger partial charge in [0, 0.05) is 18.7 Å². The number of benzene rings is 5. The molecule has 59 heavy (non-hydrogen) atoms. The molecule has 0 unspecified atom stereocenters. The van der Waals surface area contributed by atoms with Gasteiger partial charge in [0.1, 0.15) is 17.7 Å². The summed E-state index contributed by atoms with van der Waals surface area (Å²) in [6.07, 6.45) is 5.67. The molecule has 4 N–H and O–H groups in total. The van der Waals surface area contributed by atoms with Crippen molar-refractivity contribution in [1.29, 1.82) is 0 Å². The highest BCUT2D eigenvalue weighted by atomic mass is 16.4. The molecule has 0 saturated carbocycles. The van der Waals surface area contributed by atoms with Crippen LogP contribution in [0.1, 0.15) is 71.4 Å². The molecule has 11 nitrogen and oxygen atoms in total. The van der Waals surface area contributed by atoms with Crippen LogP contribution in [0.4, 0.5) is 4.79 Å². The van der Waals surface area contributed by atoms with Crippen molar-refractivity contribution in [3.05, 3.63) is 169 Å². The first-order valence-electron chi connectivity index (χ1n) is 20.0. The van der Waals surface area contributed by atoms with Crippen LogP contribution in [0.25, 0.3) is 44.8 Å². The van der Waals surface area contributed by atoms with Gasteiger partial charge in [0.15, 0.2) is 0 Å². The number of rotatable bonds is 10. The second-order valence-corrected chi connectivity index (χ2v) is 15.1. The number of nitrogens with one attached hydrogen (secondary N) is 3. The van der Waals surface area contributed by atoms with Crippen molar-refractivity contribution in [1.82, 2.24) is 35.1 Å². The SMILES string of the molecule is O=C(O)N[C@@H](C(=O)N1CCC[C@H]1c1ncc(-c2ccc(-c3ccc(-c4cnc([C@@H]5CCCN5C(=O)c5ccccc5-c5ccccc5)[nH]4)cc3)cc2)[nH]1)c1ccccc1. The van der Waals surface area contributed by atoms with Crippen molar-refractivity contribution in [2.24, 2.45) is 0 Å². The van der Waals surface area contributed by atoms with Gasteiger partial charge in [-0.2, -0.15) is 0 Å². The van der Waals surface area contributed by atoms with Gasteiger partial charge in [-0.1, -0.05) is 127 Å². The van der Waals surface area contributed by atoms with Crippen molar-refractivity contribution in [2.75, 3.05) is 13.1 Å². The Morgan fingerprint density at radius 3 is 1.66 bits per heavy atom. The number of likely N-dealkylation sites (tertiary alicyclic amines) is 2. The average Bonchev–Trinajstić information content (AvgIpc) is 4.13. The van der Waals surface area contributed by atoms with Crippen LogP contribution in [0.3, 0.4) is 0 Å². The number of amides is 3. The van der Waals surface area contributed by atoms with Crippen molar-refractivity contribution in [3.63, 3.8) is 0 Å². The minimum absolute atomic E-state index is 0.0187. The van der Waals surface area contributed by atoms with Gasteiger partial charge in [0.2, 0.25) is 0 Å². The molecule has 9 rings (SSSR count). The van der Waals surface area contributed by atoms with E-state index in [0.717, 1.165) is 76.3 Å². The summed E-state index contributed by atoms with van der Waals surface area (Å²) >= 11 is 0. The van der Waals surface area contributed by atoms with Gasteiger partial charge in [-0.25, -0.2) is 14.8 Å². The number of carboxylic acid groups (broad SMARTS) is 1. The van der Waals surface area contributed by atoms with Gasteiger partial charge in [-0.05, 0) is 70.7 Å². The number of H-pyrrole nitrogens is 2. The van der Waals surface area contributed by atoms with E-state index in [1.54, 1.807) is 35.4 Å². The highest BCUT2D eigenvalue weighted by Gasteiger charge is 2.37. The summed E-state index contributed by atoms with van der Waals surface area (Å²) in [4.78, 5) is 59.5. The molecule has 5 aromatic carbocycles. The summed E-state index contributed by atoms with van der Waals surface area (Å²) in [5, 5.41) is 11.9. The first-order valence-corrected chi connectivity index (χ1v) is 20.0. The maximum Gasteiger partial charge on any atom is 0.405 e. The molecule has 2 aliphatic rings. The molecule has 0 spiro atoms. The Morgan fingerprint density at radius 1 is 0.593 bits per heavy atom. The Kier molecular flexibility index (Phi) is 10.3. The topological polar surface area (TPSA) is 147 Å². The van der Waals surface area contributed by atoms with Crippen LogP contribution in [-0.4, -0.2) is 65.8 Å². The van der Waals surface area contributed by atoms with Crippen molar-refractivity contribution < 1.29 is 19.5 Å². The third-order valence-corrected chi connectivity index (χ3v) is 11.5. The molecule has 0 radical (unpaired) electrons. The fourth-order valence-corrected chi connectivity index (χ4v) is 8.51. The van der Waals surface area contributed by atoms with Gasteiger partial charge >= 0.3 is 6.09 Å². The zero-order chi connectivity index (χ0) is 40.3. The smallest absolute Gasteiger partial charge is 0.405 e. The van der Waals surface area contributed by atoms with Crippen LogP contribution >= 0.6 is 0 Å². The molecule has 0 aliphatic carbocycles. The molecule has 0 bridgehead atoms. The lowest BCUT2D eigenvalue weighted by Crippen LogP contribution is -2.42. The summed E-state index contributed by atoms with van der Waals surface area (Å²) in [6, 6.07) is 42.0. The fourth-order valence-electron chi connectivity index (χ4n) is 8.51. The van der Waals surface area contributed by atoms with E-state index in [1.165, 1.54) is 0 Å². The van der Waals surface area contributed by atoms with Crippen LogP contribution in [0.2, 0.25) is 0 Å². The van der Waals surface area contributed by atoms with E-state index in [4.69, 9.17) is 4.98 Å². The molecule has 2 aromatic heterocycles. The summed E-state index contributed by atoms with van der Waals surface area (Å²) in [5.74, 6) is 1.19. The van der Waals surface area contributed by atoms with E-state index >= 15 is 0 Å². The number of nitrogens with zero attached hydrogens (tertiary/aromatic N) is 4.